The van der Waals surface area contributed by atoms with Crippen LogP contribution in [0.2, 0.25) is 0 Å². The molecular formula is C31H31N3O7. The number of carboxylic acid groups (broad SMARTS) is 1. The molecule has 0 radical (unpaired) electrons. The minimum atomic E-state index is -1.01. The number of rotatable bonds is 8. The fraction of sp³-hybridized carbons (Fsp3) is 0.323. The Bertz CT molecular complexity index is 1600. The van der Waals surface area contributed by atoms with E-state index in [1.807, 2.05) is 63.2 Å². The number of fused-ring (bicyclic) bond motifs is 2. The van der Waals surface area contributed by atoms with Gasteiger partial charge in [0.05, 0.1) is 24.6 Å². The lowest BCUT2D eigenvalue weighted by molar-refractivity contribution is -0.168. The Labute approximate surface area is 236 Å². The third-order valence-corrected chi connectivity index (χ3v) is 7.41. The predicted molar refractivity (Wildman–Crippen MR) is 150 cm³/mol. The zero-order chi connectivity index (χ0) is 28.7. The molecule has 2 aliphatic heterocycles. The fourth-order valence-corrected chi connectivity index (χ4v) is 5.42. The van der Waals surface area contributed by atoms with Gasteiger partial charge in [0, 0.05) is 5.69 Å². The highest BCUT2D eigenvalue weighted by Crippen LogP contribution is 2.37. The molecule has 0 saturated carbocycles. The van der Waals surface area contributed by atoms with Gasteiger partial charge in [-0.15, -0.1) is 0 Å². The van der Waals surface area contributed by atoms with Crippen LogP contribution in [0.15, 0.2) is 71.1 Å². The van der Waals surface area contributed by atoms with Crippen LogP contribution in [-0.2, 0) is 20.7 Å². The average Bonchev–Trinajstić information content (AvgIpc) is 3.58. The summed E-state index contributed by atoms with van der Waals surface area (Å²) in [6.45, 7) is 6.27. The SMILES string of the molecule is Cc1ccccc1Nc1nc2ccc(CC(=O)N3C[C@@H]4OC(C)(C)O[C@@H]4[C@H]3COc3ccc(C(=O)O)cc3)cc2o1. The molecule has 2 N–H and O–H groups in total. The molecule has 10 heteroatoms. The van der Waals surface area contributed by atoms with E-state index in [2.05, 4.69) is 10.3 Å². The number of carbonyl (C=O) groups excluding carboxylic acids is 1. The number of likely N-dealkylation sites (tertiary alicyclic amines) is 1. The predicted octanol–water partition coefficient (Wildman–Crippen LogP) is 4.93. The number of aryl methyl sites for hydroxylation is 1. The van der Waals surface area contributed by atoms with Crippen molar-refractivity contribution in [2.75, 3.05) is 18.5 Å². The smallest absolute Gasteiger partial charge is 0.335 e. The lowest BCUT2D eigenvalue weighted by Gasteiger charge is -2.30. The van der Waals surface area contributed by atoms with Gasteiger partial charge in [0.25, 0.3) is 6.01 Å². The van der Waals surface area contributed by atoms with Crippen LogP contribution in [0.5, 0.6) is 5.75 Å². The highest BCUT2D eigenvalue weighted by molar-refractivity contribution is 5.87. The number of carboxylic acids is 1. The Balaban J connectivity index is 1.17. The van der Waals surface area contributed by atoms with Crippen molar-refractivity contribution in [2.45, 2.75) is 51.2 Å². The molecule has 3 heterocycles. The number of amides is 1. The first-order valence-electron chi connectivity index (χ1n) is 13.5. The van der Waals surface area contributed by atoms with Gasteiger partial charge in [-0.25, -0.2) is 4.79 Å². The van der Waals surface area contributed by atoms with Gasteiger partial charge in [0.1, 0.15) is 30.1 Å². The lowest BCUT2D eigenvalue weighted by atomic mass is 10.1. The molecule has 3 atom stereocenters. The van der Waals surface area contributed by atoms with Crippen LogP contribution in [0.3, 0.4) is 0 Å². The maximum atomic E-state index is 13.6. The number of aromatic nitrogens is 1. The quantitative estimate of drug-likeness (QED) is 0.310. The number of carbonyl (C=O) groups is 2. The number of hydrogen-bond donors (Lipinski definition) is 2. The first-order chi connectivity index (χ1) is 19.6. The number of hydrogen-bond acceptors (Lipinski definition) is 8. The van der Waals surface area contributed by atoms with Crippen molar-refractivity contribution < 1.29 is 33.3 Å². The summed E-state index contributed by atoms with van der Waals surface area (Å²) in [5.74, 6) is -1.34. The molecule has 2 aliphatic rings. The summed E-state index contributed by atoms with van der Waals surface area (Å²) < 4.78 is 24.2. The number of ether oxygens (including phenoxy) is 3. The summed E-state index contributed by atoms with van der Waals surface area (Å²) >= 11 is 0. The average molecular weight is 558 g/mol. The van der Waals surface area contributed by atoms with E-state index in [4.69, 9.17) is 23.7 Å². The minimum Gasteiger partial charge on any atom is -0.491 e. The normalized spacial score (nSPS) is 21.1. The molecule has 6 rings (SSSR count). The van der Waals surface area contributed by atoms with E-state index >= 15 is 0 Å². The summed E-state index contributed by atoms with van der Waals surface area (Å²) in [6.07, 6.45) is -0.466. The number of anilines is 2. The second kappa shape index (κ2) is 10.5. The summed E-state index contributed by atoms with van der Waals surface area (Å²) in [4.78, 5) is 31.0. The van der Waals surface area contributed by atoms with Gasteiger partial charge < -0.3 is 34.0 Å². The standard InChI is InChI=1S/C31H31N3O7/c1-18-6-4-5-7-22(18)32-30-33-23-13-8-19(14-25(23)39-30)15-27(35)34-16-26-28(41-31(2,3)40-26)24(34)17-38-21-11-9-20(10-12-21)29(36)37/h4-14,24,26,28H,15-17H2,1-3H3,(H,32,33)(H,36,37)/t24-,26+,28-/m1/s1. The summed E-state index contributed by atoms with van der Waals surface area (Å²) in [6, 6.07) is 19.6. The number of aromatic carboxylic acids is 1. The summed E-state index contributed by atoms with van der Waals surface area (Å²) in [5.41, 5.74) is 4.23. The third kappa shape index (κ3) is 5.61. The second-order valence-corrected chi connectivity index (χ2v) is 10.8. The Morgan fingerprint density at radius 1 is 1.10 bits per heavy atom. The monoisotopic (exact) mass is 557 g/mol. The third-order valence-electron chi connectivity index (χ3n) is 7.41. The molecule has 1 aromatic heterocycles. The first kappa shape index (κ1) is 26.8. The molecule has 41 heavy (non-hydrogen) atoms. The minimum absolute atomic E-state index is 0.0867. The molecule has 1 amide bonds. The van der Waals surface area contributed by atoms with Crippen LogP contribution in [0.4, 0.5) is 11.7 Å². The second-order valence-electron chi connectivity index (χ2n) is 10.8. The van der Waals surface area contributed by atoms with E-state index in [-0.39, 0.29) is 42.7 Å². The van der Waals surface area contributed by atoms with Crippen LogP contribution in [0.1, 0.15) is 35.3 Å². The van der Waals surface area contributed by atoms with E-state index in [1.165, 1.54) is 12.1 Å². The Hall–Kier alpha value is -4.41. The molecule has 212 valence electrons. The number of nitrogens with zero attached hydrogens (tertiary/aromatic N) is 2. The maximum absolute atomic E-state index is 13.6. The van der Waals surface area contributed by atoms with Gasteiger partial charge >= 0.3 is 5.97 Å². The van der Waals surface area contributed by atoms with Crippen LogP contribution in [-0.4, -0.2) is 64.1 Å². The van der Waals surface area contributed by atoms with Crippen molar-refractivity contribution >= 4 is 34.7 Å². The molecule has 3 aromatic carbocycles. The highest BCUT2D eigenvalue weighted by atomic mass is 16.8. The van der Waals surface area contributed by atoms with Crippen molar-refractivity contribution in [3.63, 3.8) is 0 Å². The van der Waals surface area contributed by atoms with Gasteiger partial charge in [-0.1, -0.05) is 24.3 Å². The zero-order valence-electron chi connectivity index (χ0n) is 23.0. The fourth-order valence-electron chi connectivity index (χ4n) is 5.42. The molecule has 0 aliphatic carbocycles. The molecule has 10 nitrogen and oxygen atoms in total. The van der Waals surface area contributed by atoms with Crippen LogP contribution in [0, 0.1) is 6.92 Å². The van der Waals surface area contributed by atoms with Crippen LogP contribution >= 0.6 is 0 Å². The van der Waals surface area contributed by atoms with Gasteiger partial charge in [-0.3, -0.25) is 4.79 Å². The van der Waals surface area contributed by atoms with E-state index in [9.17, 15) is 9.59 Å². The summed E-state index contributed by atoms with van der Waals surface area (Å²) in [5, 5.41) is 12.4. The van der Waals surface area contributed by atoms with E-state index in [0.717, 1.165) is 16.8 Å². The van der Waals surface area contributed by atoms with Crippen molar-refractivity contribution in [1.29, 1.82) is 0 Å². The van der Waals surface area contributed by atoms with Crippen molar-refractivity contribution in [3.05, 3.63) is 83.4 Å². The molecule has 0 spiro atoms. The Morgan fingerprint density at radius 2 is 1.88 bits per heavy atom. The Morgan fingerprint density at radius 3 is 2.63 bits per heavy atom. The molecule has 2 fully saturated rings. The van der Waals surface area contributed by atoms with Gasteiger partial charge in [0.15, 0.2) is 11.4 Å². The van der Waals surface area contributed by atoms with E-state index in [1.54, 1.807) is 17.0 Å². The maximum Gasteiger partial charge on any atom is 0.335 e. The zero-order valence-corrected chi connectivity index (χ0v) is 23.0. The van der Waals surface area contributed by atoms with Crippen molar-refractivity contribution in [1.82, 2.24) is 9.88 Å². The first-order valence-corrected chi connectivity index (χ1v) is 13.5. The highest BCUT2D eigenvalue weighted by Gasteiger charge is 2.54. The van der Waals surface area contributed by atoms with Crippen molar-refractivity contribution in [3.8, 4) is 5.75 Å². The number of benzene rings is 3. The van der Waals surface area contributed by atoms with E-state index < -0.39 is 11.8 Å². The topological polar surface area (TPSA) is 123 Å². The van der Waals surface area contributed by atoms with Gasteiger partial charge in [0.2, 0.25) is 5.91 Å². The van der Waals surface area contributed by atoms with Gasteiger partial charge in [-0.05, 0) is 74.4 Å². The molecule has 0 unspecified atom stereocenters. The van der Waals surface area contributed by atoms with E-state index in [0.29, 0.717) is 29.4 Å². The molecular weight excluding hydrogens is 526 g/mol. The molecule has 0 bridgehead atoms. The van der Waals surface area contributed by atoms with Crippen LogP contribution in [0.25, 0.3) is 11.1 Å². The number of para-hydroxylation sites is 1. The lowest BCUT2D eigenvalue weighted by Crippen LogP contribution is -2.46. The number of oxazole rings is 1. The Kier molecular flexibility index (Phi) is 6.88. The molecule has 2 saturated heterocycles. The van der Waals surface area contributed by atoms with Gasteiger partial charge in [-0.2, -0.15) is 4.98 Å². The summed E-state index contributed by atoms with van der Waals surface area (Å²) in [7, 11) is 0. The number of nitrogens with one attached hydrogen (secondary N) is 1. The van der Waals surface area contributed by atoms with Crippen LogP contribution < -0.4 is 10.1 Å². The van der Waals surface area contributed by atoms with Crippen molar-refractivity contribution in [2.24, 2.45) is 0 Å². The largest absolute Gasteiger partial charge is 0.491 e. The molecule has 4 aromatic rings.